The number of carbonyl (C=O) groups excluding carboxylic acids is 1. The Morgan fingerprint density at radius 1 is 1.07 bits per heavy atom. The van der Waals surface area contributed by atoms with Gasteiger partial charge in [-0.3, -0.25) is 4.90 Å². The molecule has 1 aliphatic rings. The van der Waals surface area contributed by atoms with E-state index in [1.807, 2.05) is 18.2 Å². The maximum absolute atomic E-state index is 11.7. The number of carboxylic acids is 1. The normalized spacial score (nSPS) is 14.3. The molecule has 29 heavy (non-hydrogen) atoms. The van der Waals surface area contributed by atoms with Crippen molar-refractivity contribution in [1.82, 2.24) is 0 Å². The molecule has 0 aliphatic carbocycles. The zero-order chi connectivity index (χ0) is 20.8. The van der Waals surface area contributed by atoms with Crippen molar-refractivity contribution in [2.45, 2.75) is 6.54 Å². The van der Waals surface area contributed by atoms with Crippen LogP contribution in [0, 0.1) is 0 Å². The van der Waals surface area contributed by atoms with Crippen LogP contribution in [0.15, 0.2) is 30.3 Å². The van der Waals surface area contributed by atoms with Crippen molar-refractivity contribution in [3.63, 3.8) is 0 Å². The highest BCUT2D eigenvalue weighted by atomic mass is 16.5. The molecule has 0 saturated carbocycles. The molecule has 1 heterocycles. The van der Waals surface area contributed by atoms with Gasteiger partial charge in [-0.25, -0.2) is 0 Å². The summed E-state index contributed by atoms with van der Waals surface area (Å²) in [6, 6.07) is 8.99. The molecule has 8 heteroatoms. The number of aromatic carboxylic acids is 1. The fraction of sp³-hybridized carbons (Fsp3) is 0.381. The molecule has 0 aromatic heterocycles. The van der Waals surface area contributed by atoms with Crippen molar-refractivity contribution >= 4 is 17.3 Å². The first-order valence-corrected chi connectivity index (χ1v) is 9.39. The van der Waals surface area contributed by atoms with E-state index in [0.29, 0.717) is 42.7 Å². The molecule has 0 amide bonds. The summed E-state index contributed by atoms with van der Waals surface area (Å²) in [6.45, 7) is 3.10. The largest absolute Gasteiger partial charge is 0.545 e. The third-order valence-corrected chi connectivity index (χ3v) is 4.99. The number of nitrogens with one attached hydrogen (secondary N) is 2. The van der Waals surface area contributed by atoms with E-state index in [2.05, 4.69) is 5.32 Å². The lowest BCUT2D eigenvalue weighted by Gasteiger charge is -2.26. The molecule has 1 saturated heterocycles. The van der Waals surface area contributed by atoms with Gasteiger partial charge in [-0.05, 0) is 24.3 Å². The van der Waals surface area contributed by atoms with Crippen LogP contribution in [0.3, 0.4) is 0 Å². The van der Waals surface area contributed by atoms with E-state index in [1.165, 1.54) is 0 Å². The van der Waals surface area contributed by atoms with E-state index in [4.69, 9.17) is 18.9 Å². The van der Waals surface area contributed by atoms with Gasteiger partial charge >= 0.3 is 0 Å². The molecule has 8 nitrogen and oxygen atoms in total. The first-order valence-electron chi connectivity index (χ1n) is 9.39. The van der Waals surface area contributed by atoms with Gasteiger partial charge in [-0.1, -0.05) is 0 Å². The first kappa shape index (κ1) is 20.8. The number of carbonyl (C=O) groups is 1. The van der Waals surface area contributed by atoms with Crippen molar-refractivity contribution in [2.24, 2.45) is 0 Å². The second kappa shape index (κ2) is 9.49. The predicted molar refractivity (Wildman–Crippen MR) is 105 cm³/mol. The lowest BCUT2D eigenvalue weighted by molar-refractivity contribution is -0.842. The zero-order valence-corrected chi connectivity index (χ0v) is 16.9. The number of carboxylic acid groups (broad SMARTS) is 1. The zero-order valence-electron chi connectivity index (χ0n) is 16.9. The van der Waals surface area contributed by atoms with E-state index >= 15 is 0 Å². The number of ether oxygens (including phenoxy) is 4. The van der Waals surface area contributed by atoms with E-state index in [0.717, 1.165) is 29.2 Å². The SMILES string of the molecule is COc1ccc(CNc2ccc([NH+]3CCOCC3)c(C(=O)[O-])c2)c(OC)c1OC. The summed E-state index contributed by atoms with van der Waals surface area (Å²) in [5, 5.41) is 15.0. The number of morpholine rings is 1. The van der Waals surface area contributed by atoms with Crippen molar-refractivity contribution in [3.8, 4) is 17.2 Å². The average molecular weight is 402 g/mol. The fourth-order valence-electron chi connectivity index (χ4n) is 3.52. The van der Waals surface area contributed by atoms with Crippen LogP contribution in [-0.4, -0.2) is 53.6 Å². The topological polar surface area (TPSA) is 93.5 Å². The summed E-state index contributed by atoms with van der Waals surface area (Å²) in [6.07, 6.45) is 0. The lowest BCUT2D eigenvalue weighted by Crippen LogP contribution is -3.09. The molecule has 2 aromatic carbocycles. The molecule has 0 bridgehead atoms. The van der Waals surface area contributed by atoms with Gasteiger partial charge in [0.15, 0.2) is 11.5 Å². The van der Waals surface area contributed by atoms with Crippen LogP contribution in [0.1, 0.15) is 15.9 Å². The van der Waals surface area contributed by atoms with Crippen LogP contribution in [-0.2, 0) is 11.3 Å². The summed E-state index contributed by atoms with van der Waals surface area (Å²) >= 11 is 0. The van der Waals surface area contributed by atoms with Gasteiger partial charge in [0.05, 0.1) is 46.1 Å². The number of benzene rings is 2. The monoisotopic (exact) mass is 402 g/mol. The number of hydrogen-bond acceptors (Lipinski definition) is 7. The second-order valence-electron chi connectivity index (χ2n) is 6.61. The van der Waals surface area contributed by atoms with E-state index in [9.17, 15) is 9.90 Å². The predicted octanol–water partition coefficient (Wildman–Crippen LogP) is 0.235. The number of quaternary nitrogens is 1. The van der Waals surface area contributed by atoms with Crippen LogP contribution in [0.4, 0.5) is 11.4 Å². The Balaban J connectivity index is 1.82. The summed E-state index contributed by atoms with van der Waals surface area (Å²) in [7, 11) is 4.68. The quantitative estimate of drug-likeness (QED) is 0.653. The Hall–Kier alpha value is -2.97. The molecule has 2 N–H and O–H groups in total. The number of rotatable bonds is 8. The van der Waals surface area contributed by atoms with Crippen LogP contribution in [0.2, 0.25) is 0 Å². The van der Waals surface area contributed by atoms with E-state index < -0.39 is 5.97 Å². The molecule has 1 fully saturated rings. The number of anilines is 1. The Labute approximate surface area is 169 Å². The molecule has 0 spiro atoms. The van der Waals surface area contributed by atoms with Gasteiger partial charge < -0.3 is 34.2 Å². The van der Waals surface area contributed by atoms with E-state index in [-0.39, 0.29) is 5.56 Å². The third kappa shape index (κ3) is 4.55. The molecule has 1 aliphatic heterocycles. The average Bonchev–Trinajstić information content (AvgIpc) is 2.77. The van der Waals surface area contributed by atoms with Crippen LogP contribution < -0.4 is 29.5 Å². The molecule has 0 unspecified atom stereocenters. The summed E-state index contributed by atoms with van der Waals surface area (Å²) in [5.74, 6) is 0.460. The summed E-state index contributed by atoms with van der Waals surface area (Å²) in [5.41, 5.74) is 2.44. The van der Waals surface area contributed by atoms with Gasteiger partial charge in [0.1, 0.15) is 18.8 Å². The van der Waals surface area contributed by atoms with Crippen LogP contribution >= 0.6 is 0 Å². The van der Waals surface area contributed by atoms with Gasteiger partial charge in [-0.15, -0.1) is 0 Å². The Morgan fingerprint density at radius 3 is 2.41 bits per heavy atom. The van der Waals surface area contributed by atoms with Crippen molar-refractivity contribution in [1.29, 1.82) is 0 Å². The first-order chi connectivity index (χ1) is 14.1. The van der Waals surface area contributed by atoms with Gasteiger partial charge in [0, 0.05) is 23.9 Å². The number of hydrogen-bond donors (Lipinski definition) is 2. The van der Waals surface area contributed by atoms with Gasteiger partial charge in [0.2, 0.25) is 5.75 Å². The number of methoxy groups -OCH3 is 3. The minimum Gasteiger partial charge on any atom is -0.545 e. The minimum atomic E-state index is -1.19. The summed E-state index contributed by atoms with van der Waals surface area (Å²) < 4.78 is 21.6. The molecule has 156 valence electrons. The maximum atomic E-state index is 11.7. The Kier molecular flexibility index (Phi) is 6.79. The van der Waals surface area contributed by atoms with Crippen LogP contribution in [0.25, 0.3) is 0 Å². The van der Waals surface area contributed by atoms with Crippen molar-refractivity contribution < 1.29 is 33.7 Å². The van der Waals surface area contributed by atoms with Crippen molar-refractivity contribution in [3.05, 3.63) is 41.5 Å². The highest BCUT2D eigenvalue weighted by molar-refractivity contribution is 5.92. The Morgan fingerprint density at radius 2 is 1.79 bits per heavy atom. The maximum Gasteiger partial charge on any atom is 0.203 e. The fourth-order valence-corrected chi connectivity index (χ4v) is 3.52. The Bertz CT molecular complexity index is 864. The van der Waals surface area contributed by atoms with Gasteiger partial charge in [0.25, 0.3) is 0 Å². The second-order valence-corrected chi connectivity index (χ2v) is 6.61. The van der Waals surface area contributed by atoms with Crippen LogP contribution in [0.5, 0.6) is 17.2 Å². The molecule has 0 radical (unpaired) electrons. The highest BCUT2D eigenvalue weighted by Crippen LogP contribution is 2.40. The molecule has 0 atom stereocenters. The molecule has 3 rings (SSSR count). The standard InChI is InChI=1S/C21H26N2O6/c1-26-18-7-4-14(19(27-2)20(18)28-3)13-22-15-5-6-17(16(12-15)21(24)25)23-8-10-29-11-9-23/h4-7,12,22H,8-11,13H2,1-3H3,(H,24,25). The van der Waals surface area contributed by atoms with E-state index in [1.54, 1.807) is 33.5 Å². The minimum absolute atomic E-state index is 0.186. The van der Waals surface area contributed by atoms with Gasteiger partial charge in [-0.2, -0.15) is 0 Å². The smallest absolute Gasteiger partial charge is 0.203 e. The lowest BCUT2D eigenvalue weighted by atomic mass is 10.1. The third-order valence-electron chi connectivity index (χ3n) is 4.99. The van der Waals surface area contributed by atoms with Crippen molar-refractivity contribution in [2.75, 3.05) is 52.9 Å². The molecule has 2 aromatic rings. The summed E-state index contributed by atoms with van der Waals surface area (Å²) in [4.78, 5) is 12.8. The molecular formula is C21H26N2O6. The highest BCUT2D eigenvalue weighted by Gasteiger charge is 2.21. The molecular weight excluding hydrogens is 376 g/mol.